The average molecular weight is 445 g/mol. The molecule has 2 N–H and O–H groups in total. The van der Waals surface area contributed by atoms with Crippen LogP contribution in [0, 0.1) is 0 Å². The number of rotatable bonds is 8. The topological polar surface area (TPSA) is 77.4 Å². The van der Waals surface area contributed by atoms with E-state index >= 15 is 0 Å². The highest BCUT2D eigenvalue weighted by molar-refractivity contribution is 6.00. The van der Waals surface area contributed by atoms with E-state index in [2.05, 4.69) is 34.3 Å². The standard InChI is InChI=1S/C26H28N4O3/c1-4-30-23-11-6-5-10-21(23)28-25(30)15-12-18-8-7-9-19(16-18)27-26(31)29-22-17-20(32-2)13-14-24(22)33-3/h5-11,13-14,16-17H,4,12,15H2,1-3H3,(H2,27,29,31). The SMILES string of the molecule is CCn1c(CCc2cccc(NC(=O)Nc3cc(OC)ccc3OC)c2)nc2ccccc21. The van der Waals surface area contributed by atoms with E-state index in [4.69, 9.17) is 14.5 Å². The highest BCUT2D eigenvalue weighted by atomic mass is 16.5. The number of nitrogens with one attached hydrogen (secondary N) is 2. The van der Waals surface area contributed by atoms with Gasteiger partial charge in [-0.05, 0) is 55.3 Å². The molecule has 0 unspecified atom stereocenters. The van der Waals surface area contributed by atoms with Gasteiger partial charge in [0.15, 0.2) is 0 Å². The number of ether oxygens (including phenoxy) is 2. The molecule has 0 saturated carbocycles. The van der Waals surface area contributed by atoms with Gasteiger partial charge in [-0.1, -0.05) is 24.3 Å². The molecule has 0 saturated heterocycles. The summed E-state index contributed by atoms with van der Waals surface area (Å²) in [5.74, 6) is 2.25. The van der Waals surface area contributed by atoms with E-state index in [1.807, 2.05) is 36.4 Å². The van der Waals surface area contributed by atoms with Gasteiger partial charge in [-0.25, -0.2) is 9.78 Å². The summed E-state index contributed by atoms with van der Waals surface area (Å²) >= 11 is 0. The number of carbonyl (C=O) groups is 1. The Morgan fingerprint density at radius 1 is 0.939 bits per heavy atom. The van der Waals surface area contributed by atoms with Gasteiger partial charge in [0.1, 0.15) is 17.3 Å². The number of nitrogens with zero attached hydrogens (tertiary/aromatic N) is 2. The van der Waals surface area contributed by atoms with Gasteiger partial charge in [0.2, 0.25) is 0 Å². The Morgan fingerprint density at radius 3 is 2.58 bits per heavy atom. The van der Waals surface area contributed by atoms with Crippen LogP contribution in [0.2, 0.25) is 0 Å². The zero-order chi connectivity index (χ0) is 23.2. The number of fused-ring (bicyclic) bond motifs is 1. The molecule has 0 spiro atoms. The summed E-state index contributed by atoms with van der Waals surface area (Å²) < 4.78 is 12.8. The number of methoxy groups -OCH3 is 2. The average Bonchev–Trinajstić information content (AvgIpc) is 3.20. The van der Waals surface area contributed by atoms with E-state index in [-0.39, 0.29) is 6.03 Å². The fourth-order valence-electron chi connectivity index (χ4n) is 3.93. The molecule has 7 heteroatoms. The lowest BCUT2D eigenvalue weighted by molar-refractivity contribution is 0.262. The molecular formula is C26H28N4O3. The molecule has 0 bridgehead atoms. The molecular weight excluding hydrogens is 416 g/mol. The molecule has 2 amide bonds. The second-order valence-corrected chi connectivity index (χ2v) is 7.61. The Bertz CT molecular complexity index is 1270. The third kappa shape index (κ3) is 5.09. The minimum absolute atomic E-state index is 0.355. The Morgan fingerprint density at radius 2 is 1.79 bits per heavy atom. The maximum Gasteiger partial charge on any atom is 0.323 e. The molecule has 1 aromatic heterocycles. The van der Waals surface area contributed by atoms with Crippen LogP contribution in [0.3, 0.4) is 0 Å². The predicted octanol–water partition coefficient (Wildman–Crippen LogP) is 5.50. The van der Waals surface area contributed by atoms with E-state index in [1.165, 1.54) is 0 Å². The number of amides is 2. The smallest absolute Gasteiger partial charge is 0.323 e. The first-order chi connectivity index (χ1) is 16.1. The van der Waals surface area contributed by atoms with Crippen LogP contribution in [0.25, 0.3) is 11.0 Å². The van der Waals surface area contributed by atoms with Crippen molar-refractivity contribution < 1.29 is 14.3 Å². The minimum Gasteiger partial charge on any atom is -0.497 e. The van der Waals surface area contributed by atoms with Crippen molar-refractivity contribution in [3.8, 4) is 11.5 Å². The lowest BCUT2D eigenvalue weighted by Crippen LogP contribution is -2.20. The van der Waals surface area contributed by atoms with Crippen LogP contribution in [0.4, 0.5) is 16.2 Å². The quantitative estimate of drug-likeness (QED) is 0.376. The van der Waals surface area contributed by atoms with E-state index in [1.54, 1.807) is 32.4 Å². The van der Waals surface area contributed by atoms with E-state index in [0.717, 1.165) is 47.5 Å². The zero-order valence-electron chi connectivity index (χ0n) is 19.1. The van der Waals surface area contributed by atoms with Crippen molar-refractivity contribution in [3.05, 3.63) is 78.1 Å². The maximum atomic E-state index is 12.6. The van der Waals surface area contributed by atoms with Gasteiger partial charge >= 0.3 is 6.03 Å². The number of hydrogen-bond donors (Lipinski definition) is 2. The highest BCUT2D eigenvalue weighted by Gasteiger charge is 2.11. The van der Waals surface area contributed by atoms with E-state index in [9.17, 15) is 4.79 Å². The van der Waals surface area contributed by atoms with Crippen LogP contribution in [0.1, 0.15) is 18.3 Å². The van der Waals surface area contributed by atoms with Gasteiger partial charge in [-0.15, -0.1) is 0 Å². The molecule has 0 radical (unpaired) electrons. The van der Waals surface area contributed by atoms with E-state index in [0.29, 0.717) is 17.2 Å². The number of hydrogen-bond acceptors (Lipinski definition) is 4. The van der Waals surface area contributed by atoms with Crippen molar-refractivity contribution in [3.63, 3.8) is 0 Å². The first-order valence-electron chi connectivity index (χ1n) is 10.9. The van der Waals surface area contributed by atoms with Crippen LogP contribution in [0.5, 0.6) is 11.5 Å². The Labute approximate surface area is 193 Å². The number of para-hydroxylation sites is 2. The fraction of sp³-hybridized carbons (Fsp3) is 0.231. The lowest BCUT2D eigenvalue weighted by Gasteiger charge is -2.13. The van der Waals surface area contributed by atoms with Crippen LogP contribution in [-0.4, -0.2) is 29.8 Å². The molecule has 7 nitrogen and oxygen atoms in total. The molecule has 0 aliphatic carbocycles. The summed E-state index contributed by atoms with van der Waals surface area (Å²) in [5, 5.41) is 5.72. The molecule has 0 fully saturated rings. The number of aromatic nitrogens is 2. The van der Waals surface area contributed by atoms with Crippen LogP contribution in [-0.2, 0) is 19.4 Å². The summed E-state index contributed by atoms with van der Waals surface area (Å²) in [7, 11) is 3.13. The van der Waals surface area contributed by atoms with Gasteiger partial charge in [-0.3, -0.25) is 0 Å². The van der Waals surface area contributed by atoms with Crippen molar-refractivity contribution in [1.29, 1.82) is 0 Å². The van der Waals surface area contributed by atoms with Crippen molar-refractivity contribution in [2.24, 2.45) is 0 Å². The van der Waals surface area contributed by atoms with Crippen molar-refractivity contribution in [2.75, 3.05) is 24.9 Å². The predicted molar refractivity (Wildman–Crippen MR) is 131 cm³/mol. The molecule has 0 aliphatic heterocycles. The molecule has 4 aromatic rings. The largest absolute Gasteiger partial charge is 0.497 e. The molecule has 0 atom stereocenters. The number of anilines is 2. The summed E-state index contributed by atoms with van der Waals surface area (Å²) in [5.41, 5.74) is 4.56. The summed E-state index contributed by atoms with van der Waals surface area (Å²) in [6.45, 7) is 3.02. The normalized spacial score (nSPS) is 10.8. The van der Waals surface area contributed by atoms with Gasteiger partial charge in [0.05, 0.1) is 30.9 Å². The van der Waals surface area contributed by atoms with Crippen molar-refractivity contribution in [1.82, 2.24) is 9.55 Å². The van der Waals surface area contributed by atoms with Crippen LogP contribution >= 0.6 is 0 Å². The van der Waals surface area contributed by atoms with Crippen LogP contribution in [0.15, 0.2) is 66.7 Å². The summed E-state index contributed by atoms with van der Waals surface area (Å²) in [4.78, 5) is 17.4. The minimum atomic E-state index is -0.355. The second-order valence-electron chi connectivity index (χ2n) is 7.61. The second kappa shape index (κ2) is 10.1. The third-order valence-electron chi connectivity index (χ3n) is 5.53. The number of imidazole rings is 1. The lowest BCUT2D eigenvalue weighted by atomic mass is 10.1. The van der Waals surface area contributed by atoms with Gasteiger partial charge in [-0.2, -0.15) is 0 Å². The monoisotopic (exact) mass is 444 g/mol. The Kier molecular flexibility index (Phi) is 6.78. The fourth-order valence-corrected chi connectivity index (χ4v) is 3.93. The number of aryl methyl sites for hydroxylation is 3. The van der Waals surface area contributed by atoms with Crippen molar-refractivity contribution >= 4 is 28.4 Å². The van der Waals surface area contributed by atoms with Crippen LogP contribution < -0.4 is 20.1 Å². The van der Waals surface area contributed by atoms with Gasteiger partial charge in [0, 0.05) is 24.7 Å². The Hall–Kier alpha value is -4.00. The summed E-state index contributed by atoms with van der Waals surface area (Å²) in [6, 6.07) is 21.0. The molecule has 3 aromatic carbocycles. The first kappa shape index (κ1) is 22.2. The molecule has 33 heavy (non-hydrogen) atoms. The molecule has 1 heterocycles. The van der Waals surface area contributed by atoms with Crippen molar-refractivity contribution in [2.45, 2.75) is 26.3 Å². The van der Waals surface area contributed by atoms with Gasteiger partial charge in [0.25, 0.3) is 0 Å². The molecule has 0 aliphatic rings. The summed E-state index contributed by atoms with van der Waals surface area (Å²) in [6.07, 6.45) is 1.64. The first-order valence-corrected chi connectivity index (χ1v) is 10.9. The maximum absolute atomic E-state index is 12.6. The number of urea groups is 1. The number of benzene rings is 3. The third-order valence-corrected chi connectivity index (χ3v) is 5.53. The highest BCUT2D eigenvalue weighted by Crippen LogP contribution is 2.29. The molecule has 170 valence electrons. The van der Waals surface area contributed by atoms with Gasteiger partial charge < -0.3 is 24.7 Å². The Balaban J connectivity index is 1.43. The zero-order valence-corrected chi connectivity index (χ0v) is 19.1. The molecule has 4 rings (SSSR count). The van der Waals surface area contributed by atoms with E-state index < -0.39 is 0 Å². The number of carbonyl (C=O) groups excluding carboxylic acids is 1.